The fourth-order valence-corrected chi connectivity index (χ4v) is 4.41. The van der Waals surface area contributed by atoms with Crippen molar-refractivity contribution >= 4 is 54.7 Å². The van der Waals surface area contributed by atoms with Gasteiger partial charge in [0.15, 0.2) is 9.84 Å². The van der Waals surface area contributed by atoms with E-state index < -0.39 is 15.7 Å². The molecule has 0 bridgehead atoms. The summed E-state index contributed by atoms with van der Waals surface area (Å²) in [4.78, 5) is 23.2. The topological polar surface area (TPSA) is 117 Å². The SMILES string of the molecule is CC(=O)Nc1ccc(/C(C)=N\NC(=O)CNc2cccc(S(C)(=O)=O)c2Br)cc1. The van der Waals surface area contributed by atoms with Crippen LogP contribution in [0.2, 0.25) is 0 Å². The maximum absolute atomic E-state index is 12.1. The number of hydrogen-bond acceptors (Lipinski definition) is 6. The average Bonchev–Trinajstić information content (AvgIpc) is 2.64. The van der Waals surface area contributed by atoms with Gasteiger partial charge in [0.2, 0.25) is 5.91 Å². The van der Waals surface area contributed by atoms with Gasteiger partial charge in [-0.15, -0.1) is 0 Å². The first-order valence-corrected chi connectivity index (χ1v) is 11.2. The molecule has 0 unspecified atom stereocenters. The Morgan fingerprint density at radius 3 is 2.31 bits per heavy atom. The van der Waals surface area contributed by atoms with Crippen molar-refractivity contribution in [3.8, 4) is 0 Å². The zero-order valence-corrected chi connectivity index (χ0v) is 18.5. The van der Waals surface area contributed by atoms with Crippen LogP contribution in [0.5, 0.6) is 0 Å². The number of nitrogens with one attached hydrogen (secondary N) is 3. The maximum Gasteiger partial charge on any atom is 0.259 e. The van der Waals surface area contributed by atoms with Crippen LogP contribution in [-0.2, 0) is 19.4 Å². The Bertz CT molecular complexity index is 1050. The molecule has 0 aliphatic carbocycles. The van der Waals surface area contributed by atoms with Gasteiger partial charge in [0.05, 0.1) is 27.3 Å². The van der Waals surface area contributed by atoms with Gasteiger partial charge in [0.1, 0.15) is 0 Å². The molecule has 154 valence electrons. The lowest BCUT2D eigenvalue weighted by molar-refractivity contribution is -0.119. The average molecular weight is 481 g/mol. The van der Waals surface area contributed by atoms with Crippen LogP contribution in [-0.4, -0.2) is 38.7 Å². The predicted molar refractivity (Wildman–Crippen MR) is 117 cm³/mol. The summed E-state index contributed by atoms with van der Waals surface area (Å²) in [5, 5.41) is 9.61. The van der Waals surface area contributed by atoms with E-state index in [9.17, 15) is 18.0 Å². The monoisotopic (exact) mass is 480 g/mol. The van der Waals surface area contributed by atoms with E-state index in [1.54, 1.807) is 43.3 Å². The van der Waals surface area contributed by atoms with E-state index in [1.165, 1.54) is 13.0 Å². The van der Waals surface area contributed by atoms with Gasteiger partial charge in [-0.3, -0.25) is 9.59 Å². The molecule has 0 saturated carbocycles. The lowest BCUT2D eigenvalue weighted by atomic mass is 10.1. The molecule has 0 aliphatic rings. The molecule has 2 rings (SSSR count). The highest BCUT2D eigenvalue weighted by Crippen LogP contribution is 2.29. The van der Waals surface area contributed by atoms with Gasteiger partial charge < -0.3 is 10.6 Å². The molecular formula is C19H21BrN4O4S. The molecule has 3 N–H and O–H groups in total. The molecule has 0 spiro atoms. The number of hydrogen-bond donors (Lipinski definition) is 3. The third-order valence-corrected chi connectivity index (χ3v) is 6.03. The first kappa shape index (κ1) is 22.6. The molecule has 0 atom stereocenters. The third-order valence-electron chi connectivity index (χ3n) is 3.77. The minimum atomic E-state index is -3.39. The van der Waals surface area contributed by atoms with Crippen molar-refractivity contribution in [3.63, 3.8) is 0 Å². The second kappa shape index (κ2) is 9.66. The molecule has 2 amide bonds. The van der Waals surface area contributed by atoms with E-state index in [0.717, 1.165) is 11.8 Å². The molecule has 0 aliphatic heterocycles. The first-order chi connectivity index (χ1) is 13.6. The normalized spacial score (nSPS) is 11.7. The highest BCUT2D eigenvalue weighted by Gasteiger charge is 2.14. The summed E-state index contributed by atoms with van der Waals surface area (Å²) in [5.74, 6) is -0.549. The number of nitrogens with zero attached hydrogens (tertiary/aromatic N) is 1. The maximum atomic E-state index is 12.1. The van der Waals surface area contributed by atoms with Gasteiger partial charge in [0, 0.05) is 18.9 Å². The number of benzene rings is 2. The summed E-state index contributed by atoms with van der Waals surface area (Å²) in [5.41, 5.74) is 4.98. The predicted octanol–water partition coefficient (Wildman–Crippen LogP) is 2.76. The molecule has 0 radical (unpaired) electrons. The molecule has 8 nitrogen and oxygen atoms in total. The van der Waals surface area contributed by atoms with Crippen LogP contribution in [0.25, 0.3) is 0 Å². The van der Waals surface area contributed by atoms with Crippen LogP contribution < -0.4 is 16.1 Å². The Labute approximate surface area is 177 Å². The number of sulfone groups is 1. The van der Waals surface area contributed by atoms with Crippen molar-refractivity contribution < 1.29 is 18.0 Å². The first-order valence-electron chi connectivity index (χ1n) is 8.51. The van der Waals surface area contributed by atoms with Crippen molar-refractivity contribution in [1.82, 2.24) is 5.43 Å². The van der Waals surface area contributed by atoms with Gasteiger partial charge in [-0.05, 0) is 52.7 Å². The Morgan fingerprint density at radius 1 is 1.07 bits per heavy atom. The van der Waals surface area contributed by atoms with Gasteiger partial charge in [-0.2, -0.15) is 5.10 Å². The standard InChI is InChI=1S/C19H21BrN4O4S/c1-12(14-7-9-15(10-8-14)22-13(2)25)23-24-18(26)11-21-16-5-4-6-17(19(16)20)29(3,27)28/h4-10,21H,11H2,1-3H3,(H,22,25)(H,24,26)/b23-12-. The fraction of sp³-hybridized carbons (Fsp3) is 0.211. The number of rotatable bonds is 7. The highest BCUT2D eigenvalue weighted by atomic mass is 79.9. The molecule has 2 aromatic carbocycles. The van der Waals surface area contributed by atoms with E-state index in [1.807, 2.05) is 0 Å². The highest BCUT2D eigenvalue weighted by molar-refractivity contribution is 9.10. The quantitative estimate of drug-likeness (QED) is 0.416. The molecule has 0 saturated heterocycles. The number of carbonyl (C=O) groups is 2. The number of carbonyl (C=O) groups excluding carboxylic acids is 2. The van der Waals surface area contributed by atoms with Crippen LogP contribution in [0.1, 0.15) is 19.4 Å². The third kappa shape index (κ3) is 6.68. The van der Waals surface area contributed by atoms with Crippen molar-refractivity contribution in [1.29, 1.82) is 0 Å². The van der Waals surface area contributed by atoms with E-state index in [2.05, 4.69) is 37.1 Å². The van der Waals surface area contributed by atoms with Gasteiger partial charge >= 0.3 is 0 Å². The van der Waals surface area contributed by atoms with E-state index in [0.29, 0.717) is 21.6 Å². The number of anilines is 2. The Hall–Kier alpha value is -2.72. The van der Waals surface area contributed by atoms with Gasteiger partial charge in [-0.25, -0.2) is 13.8 Å². The Morgan fingerprint density at radius 2 is 1.72 bits per heavy atom. The number of halogens is 1. The lowest BCUT2D eigenvalue weighted by Gasteiger charge is -2.11. The van der Waals surface area contributed by atoms with Crippen molar-refractivity contribution in [2.24, 2.45) is 5.10 Å². The van der Waals surface area contributed by atoms with E-state index in [4.69, 9.17) is 0 Å². The summed E-state index contributed by atoms with van der Waals surface area (Å²) < 4.78 is 23.9. The largest absolute Gasteiger partial charge is 0.375 e. The number of amides is 2. The zero-order valence-electron chi connectivity index (χ0n) is 16.1. The minimum Gasteiger partial charge on any atom is -0.375 e. The van der Waals surface area contributed by atoms with E-state index in [-0.39, 0.29) is 17.3 Å². The smallest absolute Gasteiger partial charge is 0.259 e. The van der Waals surface area contributed by atoms with Crippen molar-refractivity contribution in [3.05, 3.63) is 52.5 Å². The second-order valence-electron chi connectivity index (χ2n) is 6.23. The van der Waals surface area contributed by atoms with Crippen LogP contribution in [0, 0.1) is 0 Å². The molecule has 0 heterocycles. The van der Waals surface area contributed by atoms with Gasteiger partial charge in [-0.1, -0.05) is 18.2 Å². The lowest BCUT2D eigenvalue weighted by Crippen LogP contribution is -2.27. The summed E-state index contributed by atoms with van der Waals surface area (Å²) in [6, 6.07) is 11.8. The van der Waals surface area contributed by atoms with Gasteiger partial charge in [0.25, 0.3) is 5.91 Å². The van der Waals surface area contributed by atoms with Crippen LogP contribution in [0.3, 0.4) is 0 Å². The number of hydrazone groups is 1. The summed E-state index contributed by atoms with van der Waals surface area (Å²) in [6.45, 7) is 3.08. The zero-order chi connectivity index (χ0) is 21.6. The minimum absolute atomic E-state index is 0.0932. The van der Waals surface area contributed by atoms with Crippen LogP contribution >= 0.6 is 15.9 Å². The fourth-order valence-electron chi connectivity index (χ4n) is 2.36. The summed E-state index contributed by atoms with van der Waals surface area (Å²) >= 11 is 3.25. The van der Waals surface area contributed by atoms with Crippen LogP contribution in [0.15, 0.2) is 56.9 Å². The molecule has 2 aromatic rings. The Balaban J connectivity index is 1.97. The summed E-state index contributed by atoms with van der Waals surface area (Å²) in [6.07, 6.45) is 1.11. The van der Waals surface area contributed by atoms with Crippen LogP contribution in [0.4, 0.5) is 11.4 Å². The Kier molecular flexibility index (Phi) is 7.52. The molecular weight excluding hydrogens is 460 g/mol. The molecule has 10 heteroatoms. The second-order valence-corrected chi connectivity index (χ2v) is 9.01. The summed E-state index contributed by atoms with van der Waals surface area (Å²) in [7, 11) is -3.39. The molecule has 0 fully saturated rings. The van der Waals surface area contributed by atoms with Crippen molar-refractivity contribution in [2.45, 2.75) is 18.7 Å². The van der Waals surface area contributed by atoms with E-state index >= 15 is 0 Å². The molecule has 29 heavy (non-hydrogen) atoms. The van der Waals surface area contributed by atoms with Crippen molar-refractivity contribution in [2.75, 3.05) is 23.4 Å². The molecule has 0 aromatic heterocycles.